The summed E-state index contributed by atoms with van der Waals surface area (Å²) in [7, 11) is 1.61. The lowest BCUT2D eigenvalue weighted by molar-refractivity contribution is -0.385. The lowest BCUT2D eigenvalue weighted by Gasteiger charge is -2.36. The van der Waals surface area contributed by atoms with Crippen molar-refractivity contribution in [3.05, 3.63) is 69.8 Å². The molecule has 4 atom stereocenters. The third-order valence-corrected chi connectivity index (χ3v) is 7.02. The first-order valence-corrected chi connectivity index (χ1v) is 10.0. The lowest BCUT2D eigenvalue weighted by Crippen LogP contribution is -2.54. The molecule has 1 N–H and O–H groups in total. The molecule has 3 aliphatic heterocycles. The van der Waals surface area contributed by atoms with Gasteiger partial charge in [0.25, 0.3) is 11.6 Å². The minimum absolute atomic E-state index is 0.115. The molecule has 0 radical (unpaired) electrons. The minimum atomic E-state index is -1.44. The molecule has 30 heavy (non-hydrogen) atoms. The fourth-order valence-corrected chi connectivity index (χ4v) is 5.98. The summed E-state index contributed by atoms with van der Waals surface area (Å²) in [6.07, 6.45) is 1.63. The molecule has 1 spiro atoms. The number of benzene rings is 2. The number of hydrogen-bond donors (Lipinski definition) is 1. The molecule has 0 aliphatic carbocycles. The largest absolute Gasteiger partial charge is 0.481 e. The molecular formula is C22H21N3O5. The van der Waals surface area contributed by atoms with Gasteiger partial charge in [0.05, 0.1) is 10.8 Å². The van der Waals surface area contributed by atoms with Gasteiger partial charge in [-0.2, -0.15) is 0 Å². The van der Waals surface area contributed by atoms with Crippen molar-refractivity contribution in [2.24, 2.45) is 5.92 Å². The fraction of sp³-hybridized carbons (Fsp3) is 0.364. The summed E-state index contributed by atoms with van der Waals surface area (Å²) in [4.78, 5) is 40.9. The Balaban J connectivity index is 1.80. The van der Waals surface area contributed by atoms with Crippen molar-refractivity contribution in [1.29, 1.82) is 0 Å². The Morgan fingerprint density at radius 3 is 2.63 bits per heavy atom. The molecule has 0 unspecified atom stereocenters. The van der Waals surface area contributed by atoms with Gasteiger partial charge >= 0.3 is 5.97 Å². The van der Waals surface area contributed by atoms with Gasteiger partial charge in [0.15, 0.2) is 0 Å². The van der Waals surface area contributed by atoms with Crippen LogP contribution in [0.5, 0.6) is 0 Å². The quantitative estimate of drug-likeness (QED) is 0.620. The summed E-state index contributed by atoms with van der Waals surface area (Å²) >= 11 is 0. The average molecular weight is 407 g/mol. The molecule has 2 saturated heterocycles. The number of fused-ring (bicyclic) bond motifs is 4. The van der Waals surface area contributed by atoms with E-state index in [1.54, 1.807) is 13.1 Å². The number of nitro groups is 1. The van der Waals surface area contributed by atoms with E-state index in [0.717, 1.165) is 18.4 Å². The van der Waals surface area contributed by atoms with Gasteiger partial charge in [0.1, 0.15) is 5.54 Å². The molecule has 2 aromatic carbocycles. The Hall–Kier alpha value is -3.26. The van der Waals surface area contributed by atoms with Crippen molar-refractivity contribution in [3.8, 4) is 0 Å². The highest BCUT2D eigenvalue weighted by Crippen LogP contribution is 2.61. The molecule has 8 nitrogen and oxygen atoms in total. The number of likely N-dealkylation sites (N-methyl/N-ethyl adjacent to an activating group) is 1. The Morgan fingerprint density at radius 1 is 1.23 bits per heavy atom. The Morgan fingerprint density at radius 2 is 1.97 bits per heavy atom. The maximum Gasteiger partial charge on any atom is 0.309 e. The van der Waals surface area contributed by atoms with E-state index in [1.165, 1.54) is 17.0 Å². The first-order chi connectivity index (χ1) is 14.4. The molecule has 3 aliphatic rings. The Labute approximate surface area is 172 Å². The van der Waals surface area contributed by atoms with Crippen LogP contribution < -0.4 is 4.90 Å². The van der Waals surface area contributed by atoms with Crippen LogP contribution in [0.4, 0.5) is 11.4 Å². The number of anilines is 1. The molecule has 2 fully saturated rings. The fourth-order valence-electron chi connectivity index (χ4n) is 5.98. The van der Waals surface area contributed by atoms with Crippen molar-refractivity contribution >= 4 is 23.3 Å². The highest BCUT2D eigenvalue weighted by Gasteiger charge is 2.71. The summed E-state index contributed by atoms with van der Waals surface area (Å²) in [6, 6.07) is 13.7. The van der Waals surface area contributed by atoms with Crippen LogP contribution in [0, 0.1) is 16.0 Å². The first kappa shape index (κ1) is 18.7. The van der Waals surface area contributed by atoms with Crippen LogP contribution in [0.1, 0.15) is 29.9 Å². The Kier molecular flexibility index (Phi) is 3.98. The average Bonchev–Trinajstić information content (AvgIpc) is 3.37. The zero-order valence-electron chi connectivity index (χ0n) is 16.4. The third-order valence-electron chi connectivity index (χ3n) is 7.02. The van der Waals surface area contributed by atoms with Crippen LogP contribution in [0.15, 0.2) is 48.5 Å². The molecule has 2 aromatic rings. The molecule has 0 bridgehead atoms. The smallest absolute Gasteiger partial charge is 0.309 e. The summed E-state index contributed by atoms with van der Waals surface area (Å²) in [5, 5.41) is 21.9. The van der Waals surface area contributed by atoms with Gasteiger partial charge in [-0.25, -0.2) is 0 Å². The second kappa shape index (κ2) is 6.37. The van der Waals surface area contributed by atoms with Crippen LogP contribution >= 0.6 is 0 Å². The van der Waals surface area contributed by atoms with Gasteiger partial charge in [0.2, 0.25) is 0 Å². The molecule has 0 saturated carbocycles. The summed E-state index contributed by atoms with van der Waals surface area (Å²) in [5.74, 6) is -2.80. The van der Waals surface area contributed by atoms with Gasteiger partial charge in [0, 0.05) is 42.4 Å². The predicted molar refractivity (Wildman–Crippen MR) is 108 cm³/mol. The van der Waals surface area contributed by atoms with Crippen molar-refractivity contribution in [2.75, 3.05) is 18.5 Å². The number of nitrogens with zero attached hydrogens (tertiary/aromatic N) is 3. The zero-order valence-corrected chi connectivity index (χ0v) is 16.4. The number of nitro benzene ring substituents is 1. The SMILES string of the molecule is CN1C(=O)[C@]2(c3cc([N+](=O)[O-])ccc31)[C@@H](C(=O)O)[C@H](c1ccccc1)[C@H]1CCCN12. The number of hydrogen-bond acceptors (Lipinski definition) is 5. The van der Waals surface area contributed by atoms with Gasteiger partial charge in [-0.1, -0.05) is 30.3 Å². The van der Waals surface area contributed by atoms with E-state index in [0.29, 0.717) is 17.8 Å². The Bertz CT molecular complexity index is 1070. The van der Waals surface area contributed by atoms with Crippen molar-refractivity contribution in [2.45, 2.75) is 30.3 Å². The van der Waals surface area contributed by atoms with Crippen LogP contribution in [0.25, 0.3) is 0 Å². The molecule has 154 valence electrons. The number of carbonyl (C=O) groups is 2. The summed E-state index contributed by atoms with van der Waals surface area (Å²) in [5.41, 5.74) is 0.272. The lowest BCUT2D eigenvalue weighted by atomic mass is 9.72. The molecule has 0 aromatic heterocycles. The van der Waals surface area contributed by atoms with E-state index in [1.807, 2.05) is 35.2 Å². The highest BCUT2D eigenvalue weighted by molar-refractivity contribution is 6.10. The number of amides is 1. The van der Waals surface area contributed by atoms with E-state index >= 15 is 0 Å². The van der Waals surface area contributed by atoms with Crippen LogP contribution in [-0.4, -0.2) is 46.4 Å². The predicted octanol–water partition coefficient (Wildman–Crippen LogP) is 2.73. The maximum atomic E-state index is 13.8. The summed E-state index contributed by atoms with van der Waals surface area (Å²) < 4.78 is 0. The van der Waals surface area contributed by atoms with E-state index in [9.17, 15) is 24.8 Å². The third kappa shape index (κ3) is 2.19. The zero-order chi connectivity index (χ0) is 21.2. The second-order valence-corrected chi connectivity index (χ2v) is 8.24. The van der Waals surface area contributed by atoms with E-state index in [4.69, 9.17) is 0 Å². The molecule has 3 heterocycles. The van der Waals surface area contributed by atoms with Crippen LogP contribution in [0.2, 0.25) is 0 Å². The molecule has 8 heteroatoms. The van der Waals surface area contributed by atoms with Gasteiger partial charge < -0.3 is 10.0 Å². The van der Waals surface area contributed by atoms with Crippen LogP contribution in [-0.2, 0) is 15.1 Å². The molecule has 5 rings (SSSR count). The van der Waals surface area contributed by atoms with E-state index < -0.39 is 22.3 Å². The maximum absolute atomic E-state index is 13.8. The first-order valence-electron chi connectivity index (χ1n) is 10.0. The monoisotopic (exact) mass is 407 g/mol. The van der Waals surface area contributed by atoms with Crippen molar-refractivity contribution in [1.82, 2.24) is 4.90 Å². The molecule has 1 amide bonds. The van der Waals surface area contributed by atoms with Crippen molar-refractivity contribution < 1.29 is 19.6 Å². The number of carbonyl (C=O) groups excluding carboxylic acids is 1. The molecular weight excluding hydrogens is 386 g/mol. The van der Waals surface area contributed by atoms with Gasteiger partial charge in [-0.3, -0.25) is 24.6 Å². The van der Waals surface area contributed by atoms with Gasteiger partial charge in [-0.05, 0) is 31.0 Å². The number of aliphatic carboxylic acids is 1. The van der Waals surface area contributed by atoms with E-state index in [2.05, 4.69) is 0 Å². The second-order valence-electron chi connectivity index (χ2n) is 8.24. The van der Waals surface area contributed by atoms with Gasteiger partial charge in [-0.15, -0.1) is 0 Å². The number of non-ortho nitro benzene ring substituents is 1. The van der Waals surface area contributed by atoms with Crippen LogP contribution in [0.3, 0.4) is 0 Å². The summed E-state index contributed by atoms with van der Waals surface area (Å²) in [6.45, 7) is 0.583. The van der Waals surface area contributed by atoms with Crippen molar-refractivity contribution in [3.63, 3.8) is 0 Å². The number of rotatable bonds is 3. The number of carboxylic acid groups (broad SMARTS) is 1. The standard InChI is InChI=1S/C22H21N3O5/c1-23-16-10-9-14(25(29)30)12-15(16)22(21(23)28)19(20(26)27)18(13-6-3-2-4-7-13)17-8-5-11-24(17)22/h2-4,6-7,9-10,12,17-19H,5,8,11H2,1H3,(H,26,27)/t17-,18-,19-,22+/m1/s1. The topological polar surface area (TPSA) is 104 Å². The normalized spacial score (nSPS) is 30.0. The van der Waals surface area contributed by atoms with E-state index in [-0.39, 0.29) is 23.6 Å². The number of carboxylic acids is 1. The highest BCUT2D eigenvalue weighted by atomic mass is 16.6. The minimum Gasteiger partial charge on any atom is -0.481 e.